The minimum Gasteiger partial charge on any atom is -0.337 e. The van der Waals surface area contributed by atoms with E-state index in [4.69, 9.17) is 5.26 Å². The number of anilines is 1. The summed E-state index contributed by atoms with van der Waals surface area (Å²) < 4.78 is 0. The fourth-order valence-electron chi connectivity index (χ4n) is 2.60. The fraction of sp³-hybridized carbons (Fsp3) is 0.222. The van der Waals surface area contributed by atoms with Gasteiger partial charge in [0.2, 0.25) is 0 Å². The molecule has 120 valence electrons. The summed E-state index contributed by atoms with van der Waals surface area (Å²) in [7, 11) is 0. The van der Waals surface area contributed by atoms with Crippen LogP contribution in [0.5, 0.6) is 0 Å². The molecular weight excluding hydrogens is 304 g/mol. The highest BCUT2D eigenvalue weighted by atomic mass is 16.2. The minimum absolute atomic E-state index is 0.138. The SMILES string of the molecule is N#Cc1ccc(NC(=O)c2ccnc(C(=O)N3CCCC3)c2)cc1. The normalized spacial score (nSPS) is 13.4. The van der Waals surface area contributed by atoms with Crippen LogP contribution in [0.2, 0.25) is 0 Å². The Kier molecular flexibility index (Phi) is 4.52. The van der Waals surface area contributed by atoms with Crippen molar-refractivity contribution >= 4 is 17.5 Å². The molecule has 2 aromatic rings. The van der Waals surface area contributed by atoms with Gasteiger partial charge in [-0.25, -0.2) is 0 Å². The van der Waals surface area contributed by atoms with Gasteiger partial charge in [-0.15, -0.1) is 0 Å². The average molecular weight is 320 g/mol. The zero-order valence-electron chi connectivity index (χ0n) is 13.0. The van der Waals surface area contributed by atoms with Crippen LogP contribution in [-0.4, -0.2) is 34.8 Å². The molecule has 6 heteroatoms. The van der Waals surface area contributed by atoms with Crippen LogP contribution in [0.3, 0.4) is 0 Å². The summed E-state index contributed by atoms with van der Waals surface area (Å²) in [6.45, 7) is 1.48. The van der Waals surface area contributed by atoms with Crippen LogP contribution >= 0.6 is 0 Å². The second-order valence-electron chi connectivity index (χ2n) is 5.57. The lowest BCUT2D eigenvalue weighted by Gasteiger charge is -2.14. The van der Waals surface area contributed by atoms with Crippen LogP contribution in [0.4, 0.5) is 5.69 Å². The van der Waals surface area contributed by atoms with Crippen molar-refractivity contribution in [3.8, 4) is 6.07 Å². The van der Waals surface area contributed by atoms with Gasteiger partial charge in [0.1, 0.15) is 5.69 Å². The van der Waals surface area contributed by atoms with Gasteiger partial charge >= 0.3 is 0 Å². The summed E-state index contributed by atoms with van der Waals surface area (Å²) in [6.07, 6.45) is 3.48. The van der Waals surface area contributed by atoms with Crippen LogP contribution in [0, 0.1) is 11.3 Å². The first kappa shape index (κ1) is 15.7. The highest BCUT2D eigenvalue weighted by molar-refractivity contribution is 6.05. The number of nitrogens with zero attached hydrogens (tertiary/aromatic N) is 3. The molecule has 1 N–H and O–H groups in total. The lowest BCUT2D eigenvalue weighted by Crippen LogP contribution is -2.28. The van der Waals surface area contributed by atoms with E-state index in [1.54, 1.807) is 35.2 Å². The van der Waals surface area contributed by atoms with E-state index in [9.17, 15) is 9.59 Å². The Labute approximate surface area is 139 Å². The molecule has 0 saturated carbocycles. The molecule has 1 aliphatic rings. The van der Waals surface area contributed by atoms with Gasteiger partial charge in [-0.2, -0.15) is 5.26 Å². The number of pyridine rings is 1. The van der Waals surface area contributed by atoms with Crippen LogP contribution in [0.1, 0.15) is 39.3 Å². The van der Waals surface area contributed by atoms with Crippen molar-refractivity contribution < 1.29 is 9.59 Å². The zero-order valence-corrected chi connectivity index (χ0v) is 13.0. The molecule has 1 aromatic carbocycles. The van der Waals surface area contributed by atoms with Gasteiger partial charge in [0.25, 0.3) is 11.8 Å². The Morgan fingerprint density at radius 1 is 1.12 bits per heavy atom. The molecule has 1 aromatic heterocycles. The number of nitrogens with one attached hydrogen (secondary N) is 1. The third-order valence-corrected chi connectivity index (χ3v) is 3.91. The number of rotatable bonds is 3. The highest BCUT2D eigenvalue weighted by Crippen LogP contribution is 2.14. The summed E-state index contributed by atoms with van der Waals surface area (Å²) in [4.78, 5) is 30.5. The Morgan fingerprint density at radius 2 is 1.83 bits per heavy atom. The molecule has 0 bridgehead atoms. The van der Waals surface area contributed by atoms with Gasteiger partial charge in [0.15, 0.2) is 0 Å². The molecule has 6 nitrogen and oxygen atoms in total. The summed E-state index contributed by atoms with van der Waals surface area (Å²) >= 11 is 0. The number of likely N-dealkylation sites (tertiary alicyclic amines) is 1. The predicted octanol–water partition coefficient (Wildman–Crippen LogP) is 2.44. The molecule has 1 saturated heterocycles. The third-order valence-electron chi connectivity index (χ3n) is 3.91. The molecule has 1 aliphatic heterocycles. The number of carbonyl (C=O) groups is 2. The monoisotopic (exact) mass is 320 g/mol. The van der Waals surface area contributed by atoms with Gasteiger partial charge < -0.3 is 10.2 Å². The largest absolute Gasteiger partial charge is 0.337 e. The first-order valence-electron chi connectivity index (χ1n) is 7.74. The molecule has 2 amide bonds. The van der Waals surface area contributed by atoms with Crippen molar-refractivity contribution in [2.45, 2.75) is 12.8 Å². The number of aromatic nitrogens is 1. The zero-order chi connectivity index (χ0) is 16.9. The lowest BCUT2D eigenvalue weighted by molar-refractivity contribution is 0.0787. The first-order valence-corrected chi connectivity index (χ1v) is 7.74. The van der Waals surface area contributed by atoms with Gasteiger partial charge in [0, 0.05) is 30.5 Å². The molecule has 2 heterocycles. The highest BCUT2D eigenvalue weighted by Gasteiger charge is 2.21. The van der Waals surface area contributed by atoms with Crippen molar-refractivity contribution in [3.05, 3.63) is 59.4 Å². The van der Waals surface area contributed by atoms with Gasteiger partial charge in [-0.3, -0.25) is 14.6 Å². The topological polar surface area (TPSA) is 86.1 Å². The average Bonchev–Trinajstić information content (AvgIpc) is 3.16. The number of hydrogen-bond donors (Lipinski definition) is 1. The van der Waals surface area contributed by atoms with Crippen LogP contribution < -0.4 is 5.32 Å². The van der Waals surface area contributed by atoms with Crippen molar-refractivity contribution in [1.82, 2.24) is 9.88 Å². The summed E-state index contributed by atoms with van der Waals surface area (Å²) in [5, 5.41) is 11.5. The Bertz CT molecular complexity index is 803. The quantitative estimate of drug-likeness (QED) is 0.941. The second-order valence-corrected chi connectivity index (χ2v) is 5.57. The minimum atomic E-state index is -0.322. The van der Waals surface area contributed by atoms with Gasteiger partial charge in [-0.05, 0) is 49.2 Å². The van der Waals surface area contributed by atoms with E-state index < -0.39 is 0 Å². The number of benzene rings is 1. The van der Waals surface area contributed by atoms with E-state index in [-0.39, 0.29) is 17.5 Å². The summed E-state index contributed by atoms with van der Waals surface area (Å²) in [5.74, 6) is -0.460. The molecule has 0 atom stereocenters. The van der Waals surface area contributed by atoms with E-state index in [2.05, 4.69) is 10.3 Å². The molecule has 24 heavy (non-hydrogen) atoms. The van der Waals surface area contributed by atoms with Gasteiger partial charge in [0.05, 0.1) is 11.6 Å². The first-order chi connectivity index (χ1) is 11.7. The van der Waals surface area contributed by atoms with Crippen LogP contribution in [0.15, 0.2) is 42.6 Å². The molecule has 3 rings (SSSR count). The Morgan fingerprint density at radius 3 is 2.50 bits per heavy atom. The number of amides is 2. The van der Waals surface area contributed by atoms with Crippen molar-refractivity contribution in [1.29, 1.82) is 5.26 Å². The van der Waals surface area contributed by atoms with Crippen molar-refractivity contribution in [2.75, 3.05) is 18.4 Å². The number of hydrogen-bond acceptors (Lipinski definition) is 4. The summed E-state index contributed by atoms with van der Waals surface area (Å²) in [6, 6.07) is 11.7. The van der Waals surface area contributed by atoms with Crippen LogP contribution in [-0.2, 0) is 0 Å². The maximum atomic E-state index is 12.4. The third kappa shape index (κ3) is 3.41. The van der Waals surface area contributed by atoms with E-state index >= 15 is 0 Å². The molecule has 1 fully saturated rings. The molecular formula is C18H16N4O2. The lowest BCUT2D eigenvalue weighted by atomic mass is 10.2. The molecule has 0 unspecified atom stereocenters. The van der Waals surface area contributed by atoms with E-state index in [1.165, 1.54) is 12.3 Å². The van der Waals surface area contributed by atoms with Crippen molar-refractivity contribution in [2.24, 2.45) is 0 Å². The van der Waals surface area contributed by atoms with Gasteiger partial charge in [-0.1, -0.05) is 0 Å². The molecule has 0 radical (unpaired) electrons. The second kappa shape index (κ2) is 6.92. The smallest absolute Gasteiger partial charge is 0.272 e. The van der Waals surface area contributed by atoms with E-state index in [1.807, 2.05) is 6.07 Å². The standard InChI is InChI=1S/C18H16N4O2/c19-12-13-3-5-15(6-4-13)21-17(23)14-7-8-20-16(11-14)18(24)22-9-1-2-10-22/h3-8,11H,1-2,9-10H2,(H,21,23). The molecule has 0 spiro atoms. The molecule has 0 aliphatic carbocycles. The summed E-state index contributed by atoms with van der Waals surface area (Å²) in [5.41, 5.74) is 1.76. The van der Waals surface area contributed by atoms with E-state index in [0.29, 0.717) is 16.8 Å². The fourth-order valence-corrected chi connectivity index (χ4v) is 2.60. The predicted molar refractivity (Wildman–Crippen MR) is 88.5 cm³/mol. The van der Waals surface area contributed by atoms with E-state index in [0.717, 1.165) is 25.9 Å². The number of nitriles is 1. The van der Waals surface area contributed by atoms with Crippen LogP contribution in [0.25, 0.3) is 0 Å². The Hall–Kier alpha value is -3.20. The number of carbonyl (C=O) groups excluding carboxylic acids is 2. The Balaban J connectivity index is 1.73. The van der Waals surface area contributed by atoms with Crippen molar-refractivity contribution in [3.63, 3.8) is 0 Å². The maximum absolute atomic E-state index is 12.4. The maximum Gasteiger partial charge on any atom is 0.272 e.